The molecule has 2 amide bonds. The normalized spacial score (nSPS) is 21.1. The summed E-state index contributed by atoms with van der Waals surface area (Å²) in [5, 5.41) is 18.2. The fourth-order valence-corrected chi connectivity index (χ4v) is 3.98. The zero-order valence-electron chi connectivity index (χ0n) is 16.1. The van der Waals surface area contributed by atoms with Crippen LogP contribution in [0.2, 0.25) is 0 Å². The summed E-state index contributed by atoms with van der Waals surface area (Å²) in [7, 11) is -5.92. The number of halogens is 3. The van der Waals surface area contributed by atoms with Gasteiger partial charge in [-0.15, -0.1) is 0 Å². The number of carboxylic acids is 1. The maximum atomic E-state index is 12.7. The lowest BCUT2D eigenvalue weighted by Crippen LogP contribution is -2.40. The van der Waals surface area contributed by atoms with Crippen LogP contribution in [0.1, 0.15) is 17.5 Å². The van der Waals surface area contributed by atoms with Crippen molar-refractivity contribution < 1.29 is 55.1 Å². The molecule has 0 bridgehead atoms. The molecule has 2 atom stereocenters. The number of carbonyl (C=O) groups excluding carboxylic acids is 1. The lowest BCUT2D eigenvalue weighted by atomic mass is 9.99. The van der Waals surface area contributed by atoms with E-state index in [4.69, 9.17) is 14.9 Å². The first-order valence-corrected chi connectivity index (χ1v) is 10.5. The molecule has 2 heterocycles. The number of rotatable bonds is 4. The summed E-state index contributed by atoms with van der Waals surface area (Å²) in [5.41, 5.74) is -5.11. The summed E-state index contributed by atoms with van der Waals surface area (Å²) in [5.74, 6) is -1.98. The Morgan fingerprint density at radius 2 is 1.84 bits per heavy atom. The zero-order chi connectivity index (χ0) is 23.8. The minimum absolute atomic E-state index is 0.0468. The Morgan fingerprint density at radius 3 is 2.41 bits per heavy atom. The van der Waals surface area contributed by atoms with Gasteiger partial charge in [0.1, 0.15) is 17.9 Å². The predicted molar refractivity (Wildman–Crippen MR) is 97.2 cm³/mol. The standard InChI is InChI=1S/C17H17F3N2O9S/c18-17(19,20)32(28,29)31-13-3-1-2-9-4-5-21(8-11(9)13)16(27)30-10-6-12(14(23)24)22(7-10)15(25)26/h1-3,10,12H,4-8H2,(H,23,24)(H,25,26)/t10-,12+/m1/s1. The predicted octanol–water partition coefficient (Wildman–Crippen LogP) is 1.62. The Bertz CT molecular complexity index is 1020. The van der Waals surface area contributed by atoms with Crippen molar-refractivity contribution >= 4 is 28.3 Å². The summed E-state index contributed by atoms with van der Waals surface area (Å²) in [6.07, 6.45) is -3.59. The third kappa shape index (κ3) is 4.66. The number of ether oxygens (including phenoxy) is 1. The molecule has 2 aliphatic heterocycles. The number of likely N-dealkylation sites (tertiary alicyclic amines) is 1. The SMILES string of the molecule is O=C(O)[C@@H]1C[C@@H](OC(=O)N2CCc3cccc(OS(=O)(=O)C(F)(F)F)c3C2)CN1C(=O)O. The molecule has 0 unspecified atom stereocenters. The summed E-state index contributed by atoms with van der Waals surface area (Å²) in [6, 6.07) is 2.50. The molecule has 176 valence electrons. The number of aliphatic carboxylic acids is 1. The lowest BCUT2D eigenvalue weighted by molar-refractivity contribution is -0.141. The number of carbonyl (C=O) groups is 3. The number of benzene rings is 1. The fraction of sp³-hybridized carbons (Fsp3) is 0.471. The van der Waals surface area contributed by atoms with Gasteiger partial charge in [0.05, 0.1) is 13.1 Å². The van der Waals surface area contributed by atoms with Crippen molar-refractivity contribution in [2.24, 2.45) is 0 Å². The maximum Gasteiger partial charge on any atom is 0.534 e. The van der Waals surface area contributed by atoms with Crippen molar-refractivity contribution in [2.75, 3.05) is 13.1 Å². The Kier molecular flexibility index (Phi) is 6.13. The minimum atomic E-state index is -5.92. The van der Waals surface area contributed by atoms with Gasteiger partial charge < -0.3 is 24.0 Å². The summed E-state index contributed by atoms with van der Waals surface area (Å²) in [4.78, 5) is 36.6. The summed E-state index contributed by atoms with van der Waals surface area (Å²) < 4.78 is 70.2. The molecule has 0 radical (unpaired) electrons. The van der Waals surface area contributed by atoms with Gasteiger partial charge in [-0.05, 0) is 18.1 Å². The molecule has 15 heteroatoms. The second-order valence-corrected chi connectivity index (χ2v) is 8.62. The van der Waals surface area contributed by atoms with Crippen LogP contribution in [0.3, 0.4) is 0 Å². The molecule has 0 aromatic heterocycles. The second kappa shape index (κ2) is 8.37. The highest BCUT2D eigenvalue weighted by Crippen LogP contribution is 2.33. The molecule has 0 aliphatic carbocycles. The van der Waals surface area contributed by atoms with Gasteiger partial charge in [-0.3, -0.25) is 4.90 Å². The Hall–Kier alpha value is -3.23. The van der Waals surface area contributed by atoms with Gasteiger partial charge in [-0.2, -0.15) is 21.6 Å². The molecule has 1 fully saturated rings. The molecule has 0 saturated carbocycles. The molecule has 0 spiro atoms. The quantitative estimate of drug-likeness (QED) is 0.482. The van der Waals surface area contributed by atoms with E-state index in [0.29, 0.717) is 10.5 Å². The monoisotopic (exact) mass is 482 g/mol. The number of alkyl halides is 3. The molecule has 1 saturated heterocycles. The molecule has 1 aromatic rings. The van der Waals surface area contributed by atoms with Gasteiger partial charge >= 0.3 is 33.8 Å². The van der Waals surface area contributed by atoms with Crippen molar-refractivity contribution in [2.45, 2.75) is 37.0 Å². The third-order valence-corrected chi connectivity index (χ3v) is 6.00. The van der Waals surface area contributed by atoms with E-state index in [0.717, 1.165) is 11.0 Å². The van der Waals surface area contributed by atoms with Crippen LogP contribution >= 0.6 is 0 Å². The first-order valence-electron chi connectivity index (χ1n) is 9.09. The van der Waals surface area contributed by atoms with Gasteiger partial charge in [-0.25, -0.2) is 14.4 Å². The van der Waals surface area contributed by atoms with Gasteiger partial charge in [-0.1, -0.05) is 12.1 Å². The average molecular weight is 482 g/mol. The van der Waals surface area contributed by atoms with E-state index in [1.807, 2.05) is 0 Å². The van der Waals surface area contributed by atoms with Gasteiger partial charge in [0.15, 0.2) is 0 Å². The molecule has 2 aliphatic rings. The van der Waals surface area contributed by atoms with Crippen LogP contribution in [-0.2, 0) is 32.6 Å². The van der Waals surface area contributed by atoms with Crippen molar-refractivity contribution in [3.05, 3.63) is 29.3 Å². The van der Waals surface area contributed by atoms with Crippen LogP contribution in [0, 0.1) is 0 Å². The number of hydrogen-bond acceptors (Lipinski definition) is 7. The highest BCUT2D eigenvalue weighted by atomic mass is 32.2. The molecule has 32 heavy (non-hydrogen) atoms. The lowest BCUT2D eigenvalue weighted by Gasteiger charge is -2.30. The largest absolute Gasteiger partial charge is 0.534 e. The van der Waals surface area contributed by atoms with Crippen molar-refractivity contribution in [1.29, 1.82) is 0 Å². The Morgan fingerprint density at radius 1 is 1.16 bits per heavy atom. The zero-order valence-corrected chi connectivity index (χ0v) is 16.9. The molecule has 11 nitrogen and oxygen atoms in total. The Labute approximate surface area is 179 Å². The Balaban J connectivity index is 1.73. The van der Waals surface area contributed by atoms with Crippen LogP contribution in [0.4, 0.5) is 22.8 Å². The van der Waals surface area contributed by atoms with Gasteiger partial charge in [0, 0.05) is 18.5 Å². The minimum Gasteiger partial charge on any atom is -0.480 e. The third-order valence-electron chi connectivity index (χ3n) is 5.03. The van der Waals surface area contributed by atoms with Crippen LogP contribution < -0.4 is 4.18 Å². The van der Waals surface area contributed by atoms with Crippen LogP contribution in [0.15, 0.2) is 18.2 Å². The number of nitrogens with zero attached hydrogens (tertiary/aromatic N) is 2. The van der Waals surface area contributed by atoms with E-state index in [1.165, 1.54) is 6.07 Å². The first kappa shape index (κ1) is 23.4. The highest BCUT2D eigenvalue weighted by Gasteiger charge is 2.49. The molecule has 3 rings (SSSR count). The van der Waals surface area contributed by atoms with Crippen LogP contribution in [-0.4, -0.2) is 77.3 Å². The van der Waals surface area contributed by atoms with E-state index in [-0.39, 0.29) is 38.0 Å². The van der Waals surface area contributed by atoms with Crippen LogP contribution in [0.25, 0.3) is 0 Å². The number of carboxylic acid groups (broad SMARTS) is 2. The van der Waals surface area contributed by atoms with Gasteiger partial charge in [0.2, 0.25) is 0 Å². The van der Waals surface area contributed by atoms with Crippen molar-refractivity contribution in [1.82, 2.24) is 9.80 Å². The van der Waals surface area contributed by atoms with E-state index in [1.54, 1.807) is 6.07 Å². The number of hydrogen-bond donors (Lipinski definition) is 2. The molecule has 1 aromatic carbocycles. The fourth-order valence-electron chi connectivity index (χ4n) is 3.49. The molecular formula is C17H17F3N2O9S. The smallest absolute Gasteiger partial charge is 0.480 e. The average Bonchev–Trinajstić information content (AvgIpc) is 3.11. The van der Waals surface area contributed by atoms with Crippen LogP contribution in [0.5, 0.6) is 5.75 Å². The van der Waals surface area contributed by atoms with E-state index >= 15 is 0 Å². The summed E-state index contributed by atoms with van der Waals surface area (Å²) >= 11 is 0. The number of amides is 2. The van der Waals surface area contributed by atoms with E-state index in [9.17, 15) is 36.0 Å². The second-order valence-electron chi connectivity index (χ2n) is 7.08. The van der Waals surface area contributed by atoms with Crippen molar-refractivity contribution in [3.63, 3.8) is 0 Å². The topological polar surface area (TPSA) is 151 Å². The van der Waals surface area contributed by atoms with Crippen molar-refractivity contribution in [3.8, 4) is 5.75 Å². The number of fused-ring (bicyclic) bond motifs is 1. The first-order chi connectivity index (χ1) is 14.8. The summed E-state index contributed by atoms with van der Waals surface area (Å²) in [6.45, 7) is -0.602. The molecular weight excluding hydrogens is 465 g/mol. The van der Waals surface area contributed by atoms with Gasteiger partial charge in [0.25, 0.3) is 0 Å². The van der Waals surface area contributed by atoms with E-state index < -0.39 is 51.7 Å². The maximum absolute atomic E-state index is 12.7. The highest BCUT2D eigenvalue weighted by molar-refractivity contribution is 7.88. The molecule has 2 N–H and O–H groups in total. The van der Waals surface area contributed by atoms with E-state index in [2.05, 4.69) is 4.18 Å².